The smallest absolute Gasteiger partial charge is 0.228 e. The number of amides is 1. The number of nitrogens with zero attached hydrogens (tertiary/aromatic N) is 3. The molecule has 5 heteroatoms. The first-order chi connectivity index (χ1) is 10.2. The van der Waals surface area contributed by atoms with Gasteiger partial charge in [0.15, 0.2) is 0 Å². The van der Waals surface area contributed by atoms with E-state index in [-0.39, 0.29) is 5.91 Å². The van der Waals surface area contributed by atoms with Crippen LogP contribution < -0.4 is 4.90 Å². The van der Waals surface area contributed by atoms with Crippen LogP contribution in [-0.4, -0.2) is 42.1 Å². The van der Waals surface area contributed by atoms with Crippen LogP contribution in [0.15, 0.2) is 40.9 Å². The lowest BCUT2D eigenvalue weighted by Crippen LogP contribution is -2.49. The van der Waals surface area contributed by atoms with Crippen molar-refractivity contribution in [2.75, 3.05) is 31.1 Å². The van der Waals surface area contributed by atoms with E-state index in [1.807, 2.05) is 36.1 Å². The maximum atomic E-state index is 12.2. The van der Waals surface area contributed by atoms with Crippen molar-refractivity contribution in [1.29, 1.82) is 0 Å². The van der Waals surface area contributed by atoms with Crippen LogP contribution in [0.25, 0.3) is 0 Å². The fourth-order valence-corrected chi connectivity index (χ4v) is 2.62. The number of aromatic nitrogens is 1. The lowest BCUT2D eigenvalue weighted by Gasteiger charge is -2.36. The van der Waals surface area contributed by atoms with Crippen molar-refractivity contribution in [2.45, 2.75) is 13.3 Å². The van der Waals surface area contributed by atoms with E-state index in [1.165, 1.54) is 5.69 Å². The lowest BCUT2D eigenvalue weighted by molar-refractivity contribution is -0.130. The molecule has 0 saturated carbocycles. The molecule has 0 spiro atoms. The second-order valence-corrected chi connectivity index (χ2v) is 5.31. The number of benzene rings is 1. The average molecular weight is 285 g/mol. The van der Waals surface area contributed by atoms with Crippen LogP contribution in [0.1, 0.15) is 11.5 Å². The minimum Gasteiger partial charge on any atom is -0.368 e. The fourth-order valence-electron chi connectivity index (χ4n) is 2.62. The molecule has 3 rings (SSSR count). The topological polar surface area (TPSA) is 49.6 Å². The summed E-state index contributed by atoms with van der Waals surface area (Å²) in [5.74, 6) is 0.864. The highest BCUT2D eigenvalue weighted by molar-refractivity contribution is 5.78. The second kappa shape index (κ2) is 5.99. The number of rotatable bonds is 3. The van der Waals surface area contributed by atoms with Crippen LogP contribution in [0.3, 0.4) is 0 Å². The molecule has 1 aliphatic rings. The monoisotopic (exact) mass is 285 g/mol. The highest BCUT2D eigenvalue weighted by Gasteiger charge is 2.22. The van der Waals surface area contributed by atoms with Gasteiger partial charge in [0.1, 0.15) is 5.76 Å². The van der Waals surface area contributed by atoms with E-state index in [0.29, 0.717) is 12.1 Å². The second-order valence-electron chi connectivity index (χ2n) is 5.31. The van der Waals surface area contributed by atoms with Crippen LogP contribution in [0.5, 0.6) is 0 Å². The molecule has 0 atom stereocenters. The van der Waals surface area contributed by atoms with Gasteiger partial charge in [0, 0.05) is 37.9 Å². The highest BCUT2D eigenvalue weighted by Crippen LogP contribution is 2.16. The van der Waals surface area contributed by atoms with E-state index in [4.69, 9.17) is 4.52 Å². The van der Waals surface area contributed by atoms with Crippen molar-refractivity contribution in [2.24, 2.45) is 0 Å². The van der Waals surface area contributed by atoms with Crippen LogP contribution in [0.2, 0.25) is 0 Å². The molecule has 0 radical (unpaired) electrons. The number of hydrogen-bond acceptors (Lipinski definition) is 4. The van der Waals surface area contributed by atoms with Gasteiger partial charge < -0.3 is 14.3 Å². The molecule has 0 unspecified atom stereocenters. The van der Waals surface area contributed by atoms with E-state index in [2.05, 4.69) is 22.2 Å². The Kier molecular flexibility index (Phi) is 3.90. The number of para-hydroxylation sites is 1. The van der Waals surface area contributed by atoms with Gasteiger partial charge in [0.05, 0.1) is 12.1 Å². The van der Waals surface area contributed by atoms with E-state index in [9.17, 15) is 4.79 Å². The summed E-state index contributed by atoms with van der Waals surface area (Å²) < 4.78 is 5.00. The van der Waals surface area contributed by atoms with Crippen molar-refractivity contribution in [3.63, 3.8) is 0 Å². The summed E-state index contributed by atoms with van der Waals surface area (Å²) in [5, 5.41) is 3.88. The van der Waals surface area contributed by atoms with Crippen LogP contribution in [0, 0.1) is 6.92 Å². The number of hydrogen-bond donors (Lipinski definition) is 0. The number of aryl methyl sites for hydroxylation is 1. The first-order valence-electron chi connectivity index (χ1n) is 7.22. The first-order valence-corrected chi connectivity index (χ1v) is 7.22. The molecule has 21 heavy (non-hydrogen) atoms. The Morgan fingerprint density at radius 3 is 2.52 bits per heavy atom. The van der Waals surface area contributed by atoms with Crippen molar-refractivity contribution in [3.05, 3.63) is 47.9 Å². The molecule has 0 N–H and O–H groups in total. The molecule has 0 aliphatic carbocycles. The molecule has 5 nitrogen and oxygen atoms in total. The number of carbonyl (C=O) groups excluding carboxylic acids is 1. The molecule has 1 aromatic carbocycles. The van der Waals surface area contributed by atoms with Crippen LogP contribution >= 0.6 is 0 Å². The maximum Gasteiger partial charge on any atom is 0.228 e. The van der Waals surface area contributed by atoms with Crippen LogP contribution in [-0.2, 0) is 11.2 Å². The highest BCUT2D eigenvalue weighted by atomic mass is 16.5. The molecule has 1 amide bonds. The molecule has 1 aromatic heterocycles. The summed E-state index contributed by atoms with van der Waals surface area (Å²) in [5.41, 5.74) is 1.93. The third-order valence-corrected chi connectivity index (χ3v) is 3.76. The van der Waals surface area contributed by atoms with Gasteiger partial charge in [0.2, 0.25) is 5.91 Å². The van der Waals surface area contributed by atoms with Gasteiger partial charge in [-0.3, -0.25) is 4.79 Å². The predicted octanol–water partition coefficient (Wildman–Crippen LogP) is 1.87. The predicted molar refractivity (Wildman–Crippen MR) is 80.2 cm³/mol. The van der Waals surface area contributed by atoms with Gasteiger partial charge in [-0.25, -0.2) is 0 Å². The largest absolute Gasteiger partial charge is 0.368 e. The third kappa shape index (κ3) is 3.24. The standard InChI is InChI=1S/C16H19N3O2/c1-13-11-14(17-21-13)12-16(20)19-9-7-18(8-10-19)15-5-3-2-4-6-15/h2-6,11H,7-10,12H2,1H3. The Morgan fingerprint density at radius 1 is 1.19 bits per heavy atom. The third-order valence-electron chi connectivity index (χ3n) is 3.76. The van der Waals surface area contributed by atoms with Gasteiger partial charge in [0.25, 0.3) is 0 Å². The summed E-state index contributed by atoms with van der Waals surface area (Å²) in [6.45, 7) is 5.08. The number of anilines is 1. The molecular weight excluding hydrogens is 266 g/mol. The molecule has 2 aromatic rings. The van der Waals surface area contributed by atoms with E-state index < -0.39 is 0 Å². The summed E-state index contributed by atoms with van der Waals surface area (Å²) >= 11 is 0. The summed E-state index contributed by atoms with van der Waals surface area (Å²) in [6, 6.07) is 12.1. The number of carbonyl (C=O) groups is 1. The Morgan fingerprint density at radius 2 is 1.90 bits per heavy atom. The maximum absolute atomic E-state index is 12.2. The van der Waals surface area contributed by atoms with Crippen LogP contribution in [0.4, 0.5) is 5.69 Å². The van der Waals surface area contributed by atoms with Crippen molar-refractivity contribution in [3.8, 4) is 0 Å². The molecule has 1 saturated heterocycles. The van der Waals surface area contributed by atoms with Gasteiger partial charge in [-0.15, -0.1) is 0 Å². The minimum atomic E-state index is 0.121. The Bertz CT molecular complexity index is 601. The zero-order chi connectivity index (χ0) is 14.7. The van der Waals surface area contributed by atoms with Gasteiger partial charge >= 0.3 is 0 Å². The lowest BCUT2D eigenvalue weighted by atomic mass is 10.2. The van der Waals surface area contributed by atoms with Gasteiger partial charge in [-0.2, -0.15) is 0 Å². The molecular formula is C16H19N3O2. The molecule has 1 aliphatic heterocycles. The number of piperazine rings is 1. The summed E-state index contributed by atoms with van der Waals surface area (Å²) in [7, 11) is 0. The summed E-state index contributed by atoms with van der Waals surface area (Å²) in [6.07, 6.45) is 0.322. The molecule has 110 valence electrons. The Balaban J connectivity index is 1.54. The Labute approximate surface area is 124 Å². The molecule has 0 bridgehead atoms. The van der Waals surface area contributed by atoms with Gasteiger partial charge in [-0.05, 0) is 19.1 Å². The van der Waals surface area contributed by atoms with Gasteiger partial charge in [-0.1, -0.05) is 23.4 Å². The first kappa shape index (κ1) is 13.7. The van der Waals surface area contributed by atoms with E-state index in [0.717, 1.165) is 31.9 Å². The SMILES string of the molecule is Cc1cc(CC(=O)N2CCN(c3ccccc3)CC2)no1. The Hall–Kier alpha value is -2.30. The zero-order valence-electron chi connectivity index (χ0n) is 12.2. The van der Waals surface area contributed by atoms with E-state index >= 15 is 0 Å². The molecule has 1 fully saturated rings. The fraction of sp³-hybridized carbons (Fsp3) is 0.375. The van der Waals surface area contributed by atoms with Crippen molar-refractivity contribution < 1.29 is 9.32 Å². The van der Waals surface area contributed by atoms with Crippen molar-refractivity contribution in [1.82, 2.24) is 10.1 Å². The minimum absolute atomic E-state index is 0.121. The van der Waals surface area contributed by atoms with E-state index in [1.54, 1.807) is 0 Å². The molecule has 2 heterocycles. The quantitative estimate of drug-likeness (QED) is 0.864. The normalized spacial score (nSPS) is 15.3. The van der Waals surface area contributed by atoms with Crippen molar-refractivity contribution >= 4 is 11.6 Å². The zero-order valence-corrected chi connectivity index (χ0v) is 12.2. The average Bonchev–Trinajstić information content (AvgIpc) is 2.93. The summed E-state index contributed by atoms with van der Waals surface area (Å²) in [4.78, 5) is 16.5.